The molecule has 0 fully saturated rings. The molecule has 1 rings (SSSR count). The van der Waals surface area contributed by atoms with E-state index in [0.717, 1.165) is 5.56 Å². The van der Waals surface area contributed by atoms with Crippen molar-refractivity contribution in [3.05, 3.63) is 34.9 Å². The molecule has 0 aromatic heterocycles. The Kier molecular flexibility index (Phi) is 6.68. The van der Waals surface area contributed by atoms with Crippen molar-refractivity contribution >= 4 is 29.4 Å². The molecule has 7 heteroatoms. The first-order valence-electron chi connectivity index (χ1n) is 6.44. The Morgan fingerprint density at radius 2 is 1.90 bits per heavy atom. The average Bonchev–Trinajstić information content (AvgIpc) is 2.42. The van der Waals surface area contributed by atoms with Gasteiger partial charge in [0.15, 0.2) is 0 Å². The van der Waals surface area contributed by atoms with Crippen LogP contribution in [0.2, 0.25) is 5.02 Å². The van der Waals surface area contributed by atoms with Crippen molar-refractivity contribution in [3.8, 4) is 0 Å². The van der Waals surface area contributed by atoms with Crippen LogP contribution in [0.4, 0.5) is 0 Å². The third-order valence-electron chi connectivity index (χ3n) is 2.89. The number of carboxylic acid groups (broad SMARTS) is 1. The lowest BCUT2D eigenvalue weighted by Gasteiger charge is -2.13. The Labute approximate surface area is 127 Å². The molecule has 114 valence electrons. The van der Waals surface area contributed by atoms with Crippen molar-refractivity contribution in [1.29, 1.82) is 0 Å². The van der Waals surface area contributed by atoms with Gasteiger partial charge >= 0.3 is 5.97 Å². The third kappa shape index (κ3) is 6.27. The summed E-state index contributed by atoms with van der Waals surface area (Å²) < 4.78 is 0. The highest BCUT2D eigenvalue weighted by molar-refractivity contribution is 6.31. The van der Waals surface area contributed by atoms with Crippen LogP contribution in [0.5, 0.6) is 0 Å². The molecule has 1 atom stereocenters. The van der Waals surface area contributed by atoms with Gasteiger partial charge in [-0.25, -0.2) is 4.79 Å². The van der Waals surface area contributed by atoms with E-state index in [9.17, 15) is 14.4 Å². The fourth-order valence-electron chi connectivity index (χ4n) is 1.76. The lowest BCUT2D eigenvalue weighted by atomic mass is 10.1. The van der Waals surface area contributed by atoms with Gasteiger partial charge in [-0.3, -0.25) is 9.59 Å². The maximum atomic E-state index is 11.8. The zero-order valence-electron chi connectivity index (χ0n) is 11.3. The zero-order chi connectivity index (χ0) is 15.8. The Morgan fingerprint density at radius 3 is 2.48 bits per heavy atom. The minimum absolute atomic E-state index is 0.0253. The summed E-state index contributed by atoms with van der Waals surface area (Å²) in [4.78, 5) is 33.4. The molecule has 0 aliphatic carbocycles. The molecule has 1 aromatic carbocycles. The lowest BCUT2D eigenvalue weighted by molar-refractivity contribution is -0.142. The highest BCUT2D eigenvalue weighted by atomic mass is 35.5. The Morgan fingerprint density at radius 1 is 1.24 bits per heavy atom. The normalized spacial score (nSPS) is 11.7. The van der Waals surface area contributed by atoms with E-state index in [1.807, 2.05) is 6.07 Å². The summed E-state index contributed by atoms with van der Waals surface area (Å²) in [5.41, 5.74) is 5.78. The van der Waals surface area contributed by atoms with Crippen LogP contribution in [-0.4, -0.2) is 28.9 Å². The number of primary amides is 1. The number of carbonyl (C=O) groups excluding carboxylic acids is 2. The highest BCUT2D eigenvalue weighted by Crippen LogP contribution is 2.16. The van der Waals surface area contributed by atoms with Crippen LogP contribution in [0.1, 0.15) is 24.8 Å². The molecule has 0 heterocycles. The van der Waals surface area contributed by atoms with Gasteiger partial charge in [-0.1, -0.05) is 29.8 Å². The number of carbonyl (C=O) groups is 3. The summed E-state index contributed by atoms with van der Waals surface area (Å²) in [7, 11) is 0. The summed E-state index contributed by atoms with van der Waals surface area (Å²) in [6.45, 7) is 0. The Bertz CT molecular complexity index is 533. The van der Waals surface area contributed by atoms with Gasteiger partial charge in [0.05, 0.1) is 0 Å². The van der Waals surface area contributed by atoms with Crippen molar-refractivity contribution in [2.24, 2.45) is 5.73 Å². The number of carboxylic acids is 1. The number of nitrogens with two attached hydrogens (primary N) is 1. The molecule has 0 unspecified atom stereocenters. The predicted molar refractivity (Wildman–Crippen MR) is 77.8 cm³/mol. The first-order chi connectivity index (χ1) is 9.90. The number of rotatable bonds is 8. The summed E-state index contributed by atoms with van der Waals surface area (Å²) in [5.74, 6) is -2.21. The van der Waals surface area contributed by atoms with Crippen molar-refractivity contribution in [3.63, 3.8) is 0 Å². The molecular weight excluding hydrogens is 296 g/mol. The van der Waals surface area contributed by atoms with Crippen molar-refractivity contribution in [2.45, 2.75) is 31.7 Å². The topological polar surface area (TPSA) is 109 Å². The molecule has 0 bridgehead atoms. The smallest absolute Gasteiger partial charge is 0.326 e. The predicted octanol–water partition coefficient (Wildman–Crippen LogP) is 1.11. The Balaban J connectivity index is 2.49. The fraction of sp³-hybridized carbons (Fsp3) is 0.357. The van der Waals surface area contributed by atoms with Crippen LogP contribution in [-0.2, 0) is 20.8 Å². The molecule has 0 aliphatic heterocycles. The second kappa shape index (κ2) is 8.26. The van der Waals surface area contributed by atoms with Crippen LogP contribution in [0.3, 0.4) is 0 Å². The van der Waals surface area contributed by atoms with Crippen LogP contribution in [0.25, 0.3) is 0 Å². The number of halogens is 1. The minimum atomic E-state index is -1.19. The monoisotopic (exact) mass is 312 g/mol. The number of benzene rings is 1. The van der Waals surface area contributed by atoms with E-state index >= 15 is 0 Å². The van der Waals surface area contributed by atoms with Gasteiger partial charge in [-0.15, -0.1) is 0 Å². The fourth-order valence-corrected chi connectivity index (χ4v) is 1.99. The second-order valence-corrected chi connectivity index (χ2v) is 4.96. The highest BCUT2D eigenvalue weighted by Gasteiger charge is 2.20. The largest absolute Gasteiger partial charge is 0.480 e. The van der Waals surface area contributed by atoms with Crippen LogP contribution >= 0.6 is 11.6 Å². The molecule has 1 aromatic rings. The SMILES string of the molecule is NC(=O)CC[C@H](NC(=O)CCc1ccccc1Cl)C(=O)O. The molecule has 2 amide bonds. The molecule has 0 spiro atoms. The van der Waals surface area contributed by atoms with Gasteiger partial charge in [-0.2, -0.15) is 0 Å². The van der Waals surface area contributed by atoms with Gasteiger partial charge in [0.25, 0.3) is 0 Å². The average molecular weight is 313 g/mol. The first kappa shape index (κ1) is 17.0. The molecule has 0 saturated heterocycles. The summed E-state index contributed by atoms with van der Waals surface area (Å²) >= 11 is 5.97. The van der Waals surface area contributed by atoms with E-state index in [1.54, 1.807) is 18.2 Å². The van der Waals surface area contributed by atoms with E-state index < -0.39 is 23.8 Å². The molecule has 21 heavy (non-hydrogen) atoms. The maximum absolute atomic E-state index is 11.8. The molecule has 6 nitrogen and oxygen atoms in total. The first-order valence-corrected chi connectivity index (χ1v) is 6.82. The summed E-state index contributed by atoms with van der Waals surface area (Å²) in [5, 5.41) is 11.9. The summed E-state index contributed by atoms with van der Waals surface area (Å²) in [6, 6.07) is 6.01. The van der Waals surface area contributed by atoms with Gasteiger partial charge < -0.3 is 16.2 Å². The van der Waals surface area contributed by atoms with Crippen LogP contribution in [0, 0.1) is 0 Å². The zero-order valence-corrected chi connectivity index (χ0v) is 12.1. The number of hydrogen-bond acceptors (Lipinski definition) is 3. The maximum Gasteiger partial charge on any atom is 0.326 e. The van der Waals surface area contributed by atoms with Crippen molar-refractivity contribution in [2.75, 3.05) is 0 Å². The van der Waals surface area contributed by atoms with Gasteiger partial charge in [0, 0.05) is 17.9 Å². The minimum Gasteiger partial charge on any atom is -0.480 e. The van der Waals surface area contributed by atoms with E-state index in [0.29, 0.717) is 11.4 Å². The molecule has 0 aliphatic rings. The van der Waals surface area contributed by atoms with Gasteiger partial charge in [-0.05, 0) is 24.5 Å². The third-order valence-corrected chi connectivity index (χ3v) is 3.26. The van der Waals surface area contributed by atoms with E-state index in [4.69, 9.17) is 22.4 Å². The number of aryl methyl sites for hydroxylation is 1. The van der Waals surface area contributed by atoms with Crippen LogP contribution in [0.15, 0.2) is 24.3 Å². The van der Waals surface area contributed by atoms with Gasteiger partial charge in [0.1, 0.15) is 6.04 Å². The van der Waals surface area contributed by atoms with E-state index in [2.05, 4.69) is 5.32 Å². The summed E-state index contributed by atoms with van der Waals surface area (Å²) in [6.07, 6.45) is 0.405. The molecule has 0 radical (unpaired) electrons. The second-order valence-electron chi connectivity index (χ2n) is 4.55. The molecular formula is C14H17ClN2O4. The van der Waals surface area contributed by atoms with E-state index in [-0.39, 0.29) is 19.3 Å². The molecule has 4 N–H and O–H groups in total. The van der Waals surface area contributed by atoms with E-state index in [1.165, 1.54) is 0 Å². The Hall–Kier alpha value is -2.08. The van der Waals surface area contributed by atoms with Crippen molar-refractivity contribution in [1.82, 2.24) is 5.32 Å². The number of aliphatic carboxylic acids is 1. The standard InChI is InChI=1S/C14H17ClN2O4/c15-10-4-2-1-3-9(10)5-8-13(19)17-11(14(20)21)6-7-12(16)18/h1-4,11H,5-8H2,(H2,16,18)(H,17,19)(H,20,21)/t11-/m0/s1. The quantitative estimate of drug-likeness (QED) is 0.667. The van der Waals surface area contributed by atoms with Crippen molar-refractivity contribution < 1.29 is 19.5 Å². The number of hydrogen-bond donors (Lipinski definition) is 3. The molecule has 0 saturated carbocycles. The van der Waals surface area contributed by atoms with Gasteiger partial charge in [0.2, 0.25) is 11.8 Å². The van der Waals surface area contributed by atoms with Crippen LogP contribution < -0.4 is 11.1 Å². The number of amides is 2. The lowest BCUT2D eigenvalue weighted by Crippen LogP contribution is -2.41. The number of nitrogens with one attached hydrogen (secondary N) is 1.